The molecule has 2 N–H and O–H groups in total. The van der Waals surface area contributed by atoms with Gasteiger partial charge in [0.15, 0.2) is 18.1 Å². The average molecular weight is 527 g/mol. The largest absolute Gasteiger partial charge is 0.493 e. The summed E-state index contributed by atoms with van der Waals surface area (Å²) in [5, 5.41) is 5.69. The summed E-state index contributed by atoms with van der Waals surface area (Å²) >= 11 is 0. The fourth-order valence-corrected chi connectivity index (χ4v) is 4.18. The van der Waals surface area contributed by atoms with Crippen molar-refractivity contribution in [3.8, 4) is 11.5 Å². The Morgan fingerprint density at radius 1 is 1.00 bits per heavy atom. The number of rotatable bonds is 2. The number of hydrogen-bond acceptors (Lipinski definition) is 8. The number of ether oxygens (including phenoxy) is 2. The van der Waals surface area contributed by atoms with Crippen molar-refractivity contribution in [2.45, 2.75) is 45.1 Å². The highest BCUT2D eigenvalue weighted by Crippen LogP contribution is 2.28. The van der Waals surface area contributed by atoms with Crippen LogP contribution < -0.4 is 25.0 Å². The molecule has 2 bridgehead atoms. The molecule has 0 unspecified atom stereocenters. The van der Waals surface area contributed by atoms with Gasteiger partial charge in [-0.3, -0.25) is 14.4 Å². The van der Waals surface area contributed by atoms with Crippen molar-refractivity contribution in [3.05, 3.63) is 42.2 Å². The summed E-state index contributed by atoms with van der Waals surface area (Å²) in [4.78, 5) is 50.2. The molecule has 2 heterocycles. The SMILES string of the molecule is COc1ccc2cc1OCC(=O)N[C@@H](C)C(=O)N(C)CCCCN(c1ncccn1)CCCNC(=O)CC2. The van der Waals surface area contributed by atoms with E-state index in [2.05, 4.69) is 25.5 Å². The lowest BCUT2D eigenvalue weighted by molar-refractivity contribution is -0.135. The van der Waals surface area contributed by atoms with Gasteiger partial charge < -0.3 is 29.9 Å². The third-order valence-corrected chi connectivity index (χ3v) is 6.29. The molecule has 0 saturated heterocycles. The molecule has 0 aliphatic carbocycles. The second-order valence-electron chi connectivity index (χ2n) is 9.27. The number of fused-ring (bicyclic) bond motifs is 2. The number of hydrogen-bond donors (Lipinski definition) is 2. The number of nitrogens with zero attached hydrogens (tertiary/aromatic N) is 4. The van der Waals surface area contributed by atoms with Gasteiger partial charge in [0.25, 0.3) is 5.91 Å². The Bertz CT molecular complexity index is 1070. The molecule has 0 radical (unpaired) electrons. The fraction of sp³-hybridized carbons (Fsp3) is 0.519. The van der Waals surface area contributed by atoms with Gasteiger partial charge in [0, 0.05) is 52.0 Å². The number of carbonyl (C=O) groups excluding carboxylic acids is 3. The van der Waals surface area contributed by atoms with E-state index in [9.17, 15) is 14.4 Å². The van der Waals surface area contributed by atoms with Crippen LogP contribution in [-0.2, 0) is 20.8 Å². The molecule has 0 fully saturated rings. The van der Waals surface area contributed by atoms with Crippen LogP contribution in [0.15, 0.2) is 36.7 Å². The molecule has 38 heavy (non-hydrogen) atoms. The smallest absolute Gasteiger partial charge is 0.258 e. The summed E-state index contributed by atoms with van der Waals surface area (Å²) in [6, 6.07) is 6.48. The molecule has 1 aromatic heterocycles. The van der Waals surface area contributed by atoms with Crippen LogP contribution in [-0.4, -0.2) is 85.6 Å². The second-order valence-corrected chi connectivity index (χ2v) is 9.27. The minimum Gasteiger partial charge on any atom is -0.493 e. The Hall–Kier alpha value is -3.89. The number of nitrogens with one attached hydrogen (secondary N) is 2. The van der Waals surface area contributed by atoms with Crippen LogP contribution in [0.1, 0.15) is 38.2 Å². The zero-order chi connectivity index (χ0) is 27.3. The maximum atomic E-state index is 12.8. The van der Waals surface area contributed by atoms with Gasteiger partial charge in [0.2, 0.25) is 17.8 Å². The van der Waals surface area contributed by atoms with E-state index in [4.69, 9.17) is 9.47 Å². The number of anilines is 1. The highest BCUT2D eigenvalue weighted by molar-refractivity contribution is 5.87. The van der Waals surface area contributed by atoms with E-state index in [1.807, 2.05) is 6.07 Å². The van der Waals surface area contributed by atoms with Crippen molar-refractivity contribution >= 4 is 23.7 Å². The number of benzene rings is 1. The monoisotopic (exact) mass is 526 g/mol. The van der Waals surface area contributed by atoms with Crippen LogP contribution in [0.4, 0.5) is 5.95 Å². The number of aromatic nitrogens is 2. The third-order valence-electron chi connectivity index (χ3n) is 6.29. The van der Waals surface area contributed by atoms with Gasteiger partial charge in [0.05, 0.1) is 7.11 Å². The molecule has 1 aliphatic heterocycles. The summed E-state index contributed by atoms with van der Waals surface area (Å²) in [5.74, 6) is 0.921. The molecule has 3 rings (SSSR count). The second kappa shape index (κ2) is 14.7. The minimum absolute atomic E-state index is 0.0333. The number of aryl methyl sites for hydroxylation is 1. The normalized spacial score (nSPS) is 19.3. The summed E-state index contributed by atoms with van der Waals surface area (Å²) in [6.45, 7) is 3.92. The predicted molar refractivity (Wildman–Crippen MR) is 143 cm³/mol. The molecule has 0 spiro atoms. The number of likely N-dealkylation sites (N-methyl/N-ethyl adjacent to an activating group) is 1. The van der Waals surface area contributed by atoms with Gasteiger partial charge in [-0.2, -0.15) is 0 Å². The first-order valence-corrected chi connectivity index (χ1v) is 13.0. The van der Waals surface area contributed by atoms with Crippen LogP contribution in [0.2, 0.25) is 0 Å². The summed E-state index contributed by atoms with van der Waals surface area (Å²) < 4.78 is 11.0. The molecule has 3 amide bonds. The molecule has 1 aliphatic rings. The van der Waals surface area contributed by atoms with Crippen molar-refractivity contribution < 1.29 is 23.9 Å². The quantitative estimate of drug-likeness (QED) is 0.604. The van der Waals surface area contributed by atoms with Crippen molar-refractivity contribution in [2.75, 3.05) is 51.8 Å². The standard InChI is InChI=1S/C27H38N6O5/c1-20-26(36)32(2)15-4-5-16-33(27-29-12-6-13-30-27)17-7-14-28-24(34)11-9-21-8-10-22(37-3)23(18-21)38-19-25(35)31-20/h6,8,10,12-13,18,20H,4-5,7,9,11,14-17,19H2,1-3H3,(H,28,34)(H,31,35)/t20-/m0/s1. The van der Waals surface area contributed by atoms with E-state index in [0.29, 0.717) is 49.9 Å². The average Bonchev–Trinajstić information content (AvgIpc) is 2.93. The van der Waals surface area contributed by atoms with Gasteiger partial charge in [-0.1, -0.05) is 6.07 Å². The lowest BCUT2D eigenvalue weighted by Crippen LogP contribution is -2.47. The Labute approximate surface area is 223 Å². The fourth-order valence-electron chi connectivity index (χ4n) is 4.18. The highest BCUT2D eigenvalue weighted by Gasteiger charge is 2.20. The van der Waals surface area contributed by atoms with Crippen LogP contribution in [0.25, 0.3) is 0 Å². The molecular formula is C27H38N6O5. The minimum atomic E-state index is -0.685. The van der Waals surface area contributed by atoms with E-state index in [0.717, 1.165) is 31.4 Å². The maximum Gasteiger partial charge on any atom is 0.258 e. The highest BCUT2D eigenvalue weighted by atomic mass is 16.5. The lowest BCUT2D eigenvalue weighted by Gasteiger charge is -2.24. The van der Waals surface area contributed by atoms with Crippen molar-refractivity contribution in [2.24, 2.45) is 0 Å². The first kappa shape index (κ1) is 28.7. The molecule has 0 saturated carbocycles. The van der Waals surface area contributed by atoms with Crippen molar-refractivity contribution in [1.29, 1.82) is 0 Å². The van der Waals surface area contributed by atoms with E-state index in [1.165, 1.54) is 7.11 Å². The Morgan fingerprint density at radius 2 is 1.74 bits per heavy atom. The van der Waals surface area contributed by atoms with Gasteiger partial charge in [-0.15, -0.1) is 0 Å². The summed E-state index contributed by atoms with van der Waals surface area (Å²) in [7, 11) is 3.25. The lowest BCUT2D eigenvalue weighted by atomic mass is 10.1. The molecular weight excluding hydrogens is 488 g/mol. The van der Waals surface area contributed by atoms with Gasteiger partial charge >= 0.3 is 0 Å². The van der Waals surface area contributed by atoms with Crippen molar-refractivity contribution in [3.63, 3.8) is 0 Å². The van der Waals surface area contributed by atoms with E-state index >= 15 is 0 Å². The van der Waals surface area contributed by atoms with Crippen LogP contribution in [0.3, 0.4) is 0 Å². The number of carbonyl (C=O) groups is 3. The van der Waals surface area contributed by atoms with Gasteiger partial charge in [-0.25, -0.2) is 9.97 Å². The van der Waals surface area contributed by atoms with E-state index < -0.39 is 11.9 Å². The molecule has 11 nitrogen and oxygen atoms in total. The zero-order valence-electron chi connectivity index (χ0n) is 22.4. The van der Waals surface area contributed by atoms with Crippen LogP contribution in [0, 0.1) is 0 Å². The Balaban J connectivity index is 1.70. The predicted octanol–water partition coefficient (Wildman–Crippen LogP) is 1.57. The van der Waals surface area contributed by atoms with Gasteiger partial charge in [0.1, 0.15) is 6.04 Å². The molecule has 11 heteroatoms. The molecule has 2 aromatic rings. The third kappa shape index (κ3) is 8.89. The van der Waals surface area contributed by atoms with E-state index in [1.54, 1.807) is 49.5 Å². The first-order chi connectivity index (χ1) is 18.4. The molecule has 206 valence electrons. The maximum absolute atomic E-state index is 12.8. The van der Waals surface area contributed by atoms with Crippen LogP contribution in [0.5, 0.6) is 11.5 Å². The van der Waals surface area contributed by atoms with Crippen molar-refractivity contribution in [1.82, 2.24) is 25.5 Å². The van der Waals surface area contributed by atoms with E-state index in [-0.39, 0.29) is 18.4 Å². The topological polar surface area (TPSA) is 126 Å². The molecule has 1 atom stereocenters. The van der Waals surface area contributed by atoms with Crippen LogP contribution >= 0.6 is 0 Å². The number of methoxy groups -OCH3 is 1. The summed E-state index contributed by atoms with van der Waals surface area (Å²) in [6.07, 6.45) is 6.62. The Kier molecular flexibility index (Phi) is 11.1. The number of amides is 3. The molecule has 1 aromatic carbocycles. The van der Waals surface area contributed by atoms with Gasteiger partial charge in [-0.05, 0) is 56.4 Å². The zero-order valence-corrected chi connectivity index (χ0v) is 22.4. The first-order valence-electron chi connectivity index (χ1n) is 13.0. The summed E-state index contributed by atoms with van der Waals surface area (Å²) in [5.41, 5.74) is 0.885. The Morgan fingerprint density at radius 3 is 2.50 bits per heavy atom.